The average molecular weight is 385 g/mol. The molecule has 1 aromatic rings. The fourth-order valence-corrected chi connectivity index (χ4v) is 1.58. The molecule has 0 unspecified atom stereocenters. The first-order chi connectivity index (χ1) is 8.06. The number of carbonyl (C=O) groups is 1. The van der Waals surface area contributed by atoms with Gasteiger partial charge in [0, 0.05) is 6.20 Å². The monoisotopic (exact) mass is 385 g/mol. The van der Waals surface area contributed by atoms with Gasteiger partial charge in [-0.25, -0.2) is 0 Å². The minimum absolute atomic E-state index is 0.290. The van der Waals surface area contributed by atoms with Crippen LogP contribution in [0.15, 0.2) is 6.20 Å². The lowest BCUT2D eigenvalue weighted by atomic mass is 10.2. The van der Waals surface area contributed by atoms with Crippen LogP contribution in [0.5, 0.6) is 5.75 Å². The summed E-state index contributed by atoms with van der Waals surface area (Å²) in [7, 11) is 0. The quantitative estimate of drug-likeness (QED) is 0.445. The van der Waals surface area contributed by atoms with Crippen LogP contribution in [0.1, 0.15) is 16.1 Å². The van der Waals surface area contributed by atoms with Gasteiger partial charge in [0.2, 0.25) is 0 Å². The van der Waals surface area contributed by atoms with E-state index in [0.717, 1.165) is 0 Å². The Balaban J connectivity index is 3.51. The van der Waals surface area contributed by atoms with Crippen LogP contribution >= 0.6 is 22.6 Å². The molecule has 18 heavy (non-hydrogen) atoms. The van der Waals surface area contributed by atoms with Gasteiger partial charge in [-0.05, 0) is 22.6 Å². The predicted molar refractivity (Wildman–Crippen MR) is 54.0 cm³/mol. The molecule has 0 aromatic carbocycles. The Kier molecular flexibility index (Phi) is 4.08. The molecule has 0 saturated carbocycles. The molecule has 10 heteroatoms. The fraction of sp³-hybridized carbons (Fsp3) is 0.250. The molecule has 3 nitrogen and oxygen atoms in total. The summed E-state index contributed by atoms with van der Waals surface area (Å²) < 4.78 is 76.7. The van der Waals surface area contributed by atoms with E-state index in [1.807, 2.05) is 0 Å². The van der Waals surface area contributed by atoms with Crippen molar-refractivity contribution in [2.24, 2.45) is 0 Å². The van der Waals surface area contributed by atoms with E-state index in [-0.39, 0.29) is 6.29 Å². The minimum Gasteiger partial charge on any atom is -0.404 e. The van der Waals surface area contributed by atoms with E-state index in [2.05, 4.69) is 9.72 Å². The van der Waals surface area contributed by atoms with Gasteiger partial charge in [-0.1, -0.05) is 0 Å². The predicted octanol–water partition coefficient (Wildman–Crippen LogP) is 3.42. The first kappa shape index (κ1) is 15.0. The lowest BCUT2D eigenvalue weighted by Gasteiger charge is -2.17. The van der Waals surface area contributed by atoms with E-state index >= 15 is 0 Å². The topological polar surface area (TPSA) is 39.2 Å². The van der Waals surface area contributed by atoms with Crippen molar-refractivity contribution in [3.63, 3.8) is 0 Å². The van der Waals surface area contributed by atoms with Crippen molar-refractivity contribution in [2.45, 2.75) is 12.5 Å². The first-order valence-electron chi connectivity index (χ1n) is 4.03. The largest absolute Gasteiger partial charge is 0.573 e. The van der Waals surface area contributed by atoms with Crippen LogP contribution in [-0.4, -0.2) is 17.6 Å². The van der Waals surface area contributed by atoms with Gasteiger partial charge >= 0.3 is 12.5 Å². The Morgan fingerprint density at radius 1 is 1.22 bits per heavy atom. The smallest absolute Gasteiger partial charge is 0.404 e. The molecule has 0 N–H and O–H groups in total. The second kappa shape index (κ2) is 4.90. The summed E-state index contributed by atoms with van der Waals surface area (Å²) >= 11 is 1.20. The summed E-state index contributed by atoms with van der Waals surface area (Å²) in [5.41, 5.74) is -3.01. The Morgan fingerprint density at radius 2 is 1.78 bits per heavy atom. The van der Waals surface area contributed by atoms with Gasteiger partial charge in [0.1, 0.15) is 11.3 Å². The zero-order valence-electron chi connectivity index (χ0n) is 8.06. The maximum absolute atomic E-state index is 12.6. The van der Waals surface area contributed by atoms with Gasteiger partial charge in [0.15, 0.2) is 12.0 Å². The number of pyridine rings is 1. The Morgan fingerprint density at radius 3 is 2.17 bits per heavy atom. The van der Waals surface area contributed by atoms with Gasteiger partial charge in [-0.3, -0.25) is 9.78 Å². The van der Waals surface area contributed by atoms with Crippen LogP contribution < -0.4 is 4.74 Å². The van der Waals surface area contributed by atoms with E-state index in [1.54, 1.807) is 0 Å². The fourth-order valence-electron chi connectivity index (χ4n) is 1.06. The van der Waals surface area contributed by atoms with E-state index in [4.69, 9.17) is 0 Å². The zero-order chi connectivity index (χ0) is 14.1. The molecule has 0 aliphatic carbocycles. The molecule has 100 valence electrons. The Hall–Kier alpha value is -1.07. The number of alkyl halides is 6. The lowest BCUT2D eigenvalue weighted by molar-refractivity contribution is -0.276. The summed E-state index contributed by atoms with van der Waals surface area (Å²) in [5, 5.41) is 0. The molecule has 1 rings (SSSR count). The van der Waals surface area contributed by atoms with Crippen LogP contribution in [0.4, 0.5) is 26.3 Å². The summed E-state index contributed by atoms with van der Waals surface area (Å²) in [6, 6.07) is 0. The zero-order valence-corrected chi connectivity index (χ0v) is 10.2. The molecular formula is C8H2F6INO2. The number of aromatic nitrogens is 1. The van der Waals surface area contributed by atoms with E-state index < -0.39 is 33.1 Å². The number of hydrogen-bond acceptors (Lipinski definition) is 3. The van der Waals surface area contributed by atoms with Crippen molar-refractivity contribution >= 4 is 28.9 Å². The third kappa shape index (κ3) is 3.46. The molecular weight excluding hydrogens is 383 g/mol. The number of halogens is 7. The van der Waals surface area contributed by atoms with E-state index in [9.17, 15) is 31.1 Å². The van der Waals surface area contributed by atoms with E-state index in [0.29, 0.717) is 6.20 Å². The summed E-state index contributed by atoms with van der Waals surface area (Å²) in [6.07, 6.45) is -10.1. The molecule has 1 heterocycles. The molecule has 0 saturated heterocycles. The van der Waals surface area contributed by atoms with Crippen molar-refractivity contribution in [1.29, 1.82) is 0 Å². The second-order valence-electron chi connectivity index (χ2n) is 2.86. The van der Waals surface area contributed by atoms with Crippen LogP contribution in [0.2, 0.25) is 0 Å². The van der Waals surface area contributed by atoms with Crippen molar-refractivity contribution in [1.82, 2.24) is 4.98 Å². The van der Waals surface area contributed by atoms with Crippen LogP contribution in [-0.2, 0) is 6.18 Å². The van der Waals surface area contributed by atoms with Crippen molar-refractivity contribution in [2.75, 3.05) is 0 Å². The van der Waals surface area contributed by atoms with Gasteiger partial charge in [0.05, 0.1) is 3.57 Å². The highest BCUT2D eigenvalue weighted by Crippen LogP contribution is 2.41. The molecule has 0 aliphatic rings. The number of hydrogen-bond donors (Lipinski definition) is 0. The molecule has 0 aliphatic heterocycles. The number of aldehydes is 1. The highest BCUT2D eigenvalue weighted by Gasteiger charge is 2.43. The molecule has 0 spiro atoms. The first-order valence-corrected chi connectivity index (χ1v) is 5.10. The third-order valence-corrected chi connectivity index (χ3v) is 2.40. The highest BCUT2D eigenvalue weighted by molar-refractivity contribution is 14.1. The highest BCUT2D eigenvalue weighted by atomic mass is 127. The number of ether oxygens (including phenoxy) is 1. The van der Waals surface area contributed by atoms with Gasteiger partial charge in [0.25, 0.3) is 0 Å². The normalized spacial score (nSPS) is 12.4. The Bertz CT molecular complexity index is 470. The van der Waals surface area contributed by atoms with Crippen molar-refractivity contribution < 1.29 is 35.9 Å². The molecule has 0 atom stereocenters. The maximum Gasteiger partial charge on any atom is 0.573 e. The molecule has 0 radical (unpaired) electrons. The maximum atomic E-state index is 12.6. The van der Waals surface area contributed by atoms with Crippen molar-refractivity contribution in [3.8, 4) is 5.75 Å². The molecule has 0 amide bonds. The number of rotatable bonds is 2. The summed E-state index contributed by atoms with van der Waals surface area (Å²) in [6.45, 7) is 0. The lowest BCUT2D eigenvalue weighted by Crippen LogP contribution is -2.22. The van der Waals surface area contributed by atoms with Crippen LogP contribution in [0.25, 0.3) is 0 Å². The molecule has 0 fully saturated rings. The second-order valence-corrected chi connectivity index (χ2v) is 4.02. The average Bonchev–Trinajstić information content (AvgIpc) is 2.17. The molecule has 0 bridgehead atoms. The number of carbonyl (C=O) groups excluding carboxylic acids is 1. The summed E-state index contributed by atoms with van der Waals surface area (Å²) in [5.74, 6) is -1.48. The number of nitrogens with zero attached hydrogens (tertiary/aromatic N) is 1. The third-order valence-electron chi connectivity index (χ3n) is 1.63. The van der Waals surface area contributed by atoms with Gasteiger partial charge < -0.3 is 4.74 Å². The molecule has 1 aromatic heterocycles. The SMILES string of the molecule is O=Cc1ncc(I)c(OC(F)(F)F)c1C(F)(F)F. The van der Waals surface area contributed by atoms with E-state index in [1.165, 1.54) is 22.6 Å². The van der Waals surface area contributed by atoms with Gasteiger partial charge in [-0.15, -0.1) is 13.2 Å². The van der Waals surface area contributed by atoms with Crippen LogP contribution in [0.3, 0.4) is 0 Å². The summed E-state index contributed by atoms with van der Waals surface area (Å²) in [4.78, 5) is 13.5. The van der Waals surface area contributed by atoms with Crippen LogP contribution in [0, 0.1) is 3.57 Å². The van der Waals surface area contributed by atoms with Crippen molar-refractivity contribution in [3.05, 3.63) is 21.0 Å². The Labute approximate surface area is 109 Å². The minimum atomic E-state index is -5.30. The van der Waals surface area contributed by atoms with Gasteiger partial charge in [-0.2, -0.15) is 13.2 Å². The standard InChI is InChI=1S/C8H2F6INO2/c9-7(10,11)5-4(2-17)16-1-3(15)6(5)18-8(12,13)14/h1-2H.